The Morgan fingerprint density at radius 1 is 1.53 bits per heavy atom. The zero-order valence-corrected chi connectivity index (χ0v) is 10.0. The van der Waals surface area contributed by atoms with E-state index in [9.17, 15) is 9.90 Å². The van der Waals surface area contributed by atoms with Crippen LogP contribution in [0, 0.1) is 6.92 Å². The second-order valence-electron chi connectivity index (χ2n) is 4.89. The highest BCUT2D eigenvalue weighted by Gasteiger charge is 2.44. The molecule has 1 fully saturated rings. The monoisotopic (exact) mass is 234 g/mol. The van der Waals surface area contributed by atoms with E-state index in [4.69, 9.17) is 5.73 Å². The topological polar surface area (TPSA) is 76.2 Å². The summed E-state index contributed by atoms with van der Waals surface area (Å²) in [4.78, 5) is 16.0. The van der Waals surface area contributed by atoms with Crippen molar-refractivity contribution in [3.8, 4) is 0 Å². The molecule has 0 radical (unpaired) electrons. The highest BCUT2D eigenvalue weighted by Crippen LogP contribution is 2.39. The maximum atomic E-state index is 11.7. The molecule has 0 spiro atoms. The summed E-state index contributed by atoms with van der Waals surface area (Å²) >= 11 is 0. The van der Waals surface area contributed by atoms with Gasteiger partial charge in [0.25, 0.3) is 0 Å². The molecule has 0 amide bonds. The Morgan fingerprint density at radius 3 is 2.71 bits per heavy atom. The van der Waals surface area contributed by atoms with E-state index in [1.54, 1.807) is 6.20 Å². The van der Waals surface area contributed by atoms with Crippen LogP contribution in [0.3, 0.4) is 0 Å². The fourth-order valence-electron chi connectivity index (χ4n) is 2.67. The minimum atomic E-state index is -0.832. The van der Waals surface area contributed by atoms with Gasteiger partial charge in [-0.3, -0.25) is 9.78 Å². The predicted molar refractivity (Wildman–Crippen MR) is 64.7 cm³/mol. The Balaban J connectivity index is 2.42. The summed E-state index contributed by atoms with van der Waals surface area (Å²) in [5.74, 6) is -0.772. The highest BCUT2D eigenvalue weighted by atomic mass is 16.4. The van der Waals surface area contributed by atoms with E-state index in [-0.39, 0.29) is 6.04 Å². The molecule has 4 nitrogen and oxygen atoms in total. The number of hydrogen-bond donors (Lipinski definition) is 2. The van der Waals surface area contributed by atoms with Crippen molar-refractivity contribution >= 4 is 5.97 Å². The van der Waals surface area contributed by atoms with Crippen LogP contribution in [0.1, 0.15) is 36.9 Å². The van der Waals surface area contributed by atoms with Gasteiger partial charge in [-0.1, -0.05) is 6.07 Å². The Kier molecular flexibility index (Phi) is 3.15. The molecule has 1 aliphatic rings. The van der Waals surface area contributed by atoms with Gasteiger partial charge in [-0.25, -0.2) is 0 Å². The number of nitrogens with two attached hydrogens (primary N) is 1. The van der Waals surface area contributed by atoms with E-state index >= 15 is 0 Å². The molecule has 0 unspecified atom stereocenters. The van der Waals surface area contributed by atoms with E-state index in [1.807, 2.05) is 19.1 Å². The summed E-state index contributed by atoms with van der Waals surface area (Å²) in [6.07, 6.45) is 4.34. The molecule has 17 heavy (non-hydrogen) atoms. The summed E-state index contributed by atoms with van der Waals surface area (Å²) in [6, 6.07) is 3.89. The van der Waals surface area contributed by atoms with E-state index in [0.717, 1.165) is 18.4 Å². The first-order valence-corrected chi connectivity index (χ1v) is 5.97. The number of rotatable bonds is 2. The quantitative estimate of drug-likeness (QED) is 0.815. The molecule has 3 N–H and O–H groups in total. The number of nitrogens with zero attached hydrogens (tertiary/aromatic N) is 1. The van der Waals surface area contributed by atoms with E-state index in [0.29, 0.717) is 18.5 Å². The van der Waals surface area contributed by atoms with Gasteiger partial charge in [-0.05, 0) is 44.2 Å². The standard InChI is InChI=1S/C13H18N2O2/c1-9-3-2-8-15-11(9)13(12(16)17)6-4-10(14)5-7-13/h2-3,8,10H,4-7,14H2,1H3,(H,16,17). The largest absolute Gasteiger partial charge is 0.481 e. The van der Waals surface area contributed by atoms with Crippen LogP contribution in [0.5, 0.6) is 0 Å². The number of pyridine rings is 1. The third kappa shape index (κ3) is 2.05. The van der Waals surface area contributed by atoms with Crippen molar-refractivity contribution in [2.45, 2.75) is 44.1 Å². The first kappa shape index (κ1) is 12.0. The molecular weight excluding hydrogens is 216 g/mol. The van der Waals surface area contributed by atoms with Crippen molar-refractivity contribution in [2.75, 3.05) is 0 Å². The summed E-state index contributed by atoms with van der Waals surface area (Å²) < 4.78 is 0. The molecule has 1 aromatic heterocycles. The molecule has 0 aromatic carbocycles. The van der Waals surface area contributed by atoms with Crippen LogP contribution < -0.4 is 5.73 Å². The Labute approximate surface area is 101 Å². The fourth-order valence-corrected chi connectivity index (χ4v) is 2.67. The second kappa shape index (κ2) is 4.45. The first-order chi connectivity index (χ1) is 8.06. The van der Waals surface area contributed by atoms with Crippen LogP contribution in [0.15, 0.2) is 18.3 Å². The normalized spacial score (nSPS) is 28.9. The molecule has 1 heterocycles. The average molecular weight is 234 g/mol. The summed E-state index contributed by atoms with van der Waals surface area (Å²) in [6.45, 7) is 1.92. The highest BCUT2D eigenvalue weighted by molar-refractivity contribution is 5.81. The molecule has 0 aliphatic heterocycles. The number of carboxylic acid groups (broad SMARTS) is 1. The van der Waals surface area contributed by atoms with Crippen LogP contribution in [0.2, 0.25) is 0 Å². The van der Waals surface area contributed by atoms with Gasteiger partial charge in [0, 0.05) is 12.2 Å². The smallest absolute Gasteiger partial charge is 0.315 e. The van der Waals surface area contributed by atoms with Crippen LogP contribution in [0.4, 0.5) is 0 Å². The number of aliphatic carboxylic acids is 1. The fraction of sp³-hybridized carbons (Fsp3) is 0.538. The molecule has 0 atom stereocenters. The maximum absolute atomic E-state index is 11.7. The van der Waals surface area contributed by atoms with Gasteiger partial charge < -0.3 is 10.8 Å². The lowest BCUT2D eigenvalue weighted by Crippen LogP contribution is -2.43. The lowest BCUT2D eigenvalue weighted by atomic mass is 9.69. The predicted octanol–water partition coefficient (Wildman–Crippen LogP) is 1.61. The van der Waals surface area contributed by atoms with Crippen molar-refractivity contribution in [3.63, 3.8) is 0 Å². The molecule has 4 heteroatoms. The molecular formula is C13H18N2O2. The summed E-state index contributed by atoms with van der Waals surface area (Å²) in [5.41, 5.74) is 6.68. The molecule has 0 saturated heterocycles. The first-order valence-electron chi connectivity index (χ1n) is 5.97. The number of aryl methyl sites for hydroxylation is 1. The van der Waals surface area contributed by atoms with E-state index < -0.39 is 11.4 Å². The number of hydrogen-bond acceptors (Lipinski definition) is 3. The summed E-state index contributed by atoms with van der Waals surface area (Å²) in [5, 5.41) is 9.57. The van der Waals surface area contributed by atoms with Crippen LogP contribution >= 0.6 is 0 Å². The Bertz CT molecular complexity index is 423. The third-order valence-electron chi connectivity index (χ3n) is 3.76. The lowest BCUT2D eigenvalue weighted by molar-refractivity contribution is -0.145. The molecule has 1 aliphatic carbocycles. The maximum Gasteiger partial charge on any atom is 0.315 e. The van der Waals surface area contributed by atoms with Crippen molar-refractivity contribution in [2.24, 2.45) is 5.73 Å². The molecule has 0 bridgehead atoms. The minimum Gasteiger partial charge on any atom is -0.481 e. The van der Waals surface area contributed by atoms with Crippen molar-refractivity contribution in [1.82, 2.24) is 4.98 Å². The zero-order chi connectivity index (χ0) is 12.5. The summed E-state index contributed by atoms with van der Waals surface area (Å²) in [7, 11) is 0. The number of aromatic nitrogens is 1. The molecule has 1 aromatic rings. The van der Waals surface area contributed by atoms with Crippen molar-refractivity contribution in [1.29, 1.82) is 0 Å². The van der Waals surface area contributed by atoms with Crippen molar-refractivity contribution < 1.29 is 9.90 Å². The average Bonchev–Trinajstić information content (AvgIpc) is 2.31. The van der Waals surface area contributed by atoms with E-state index in [1.165, 1.54) is 0 Å². The molecule has 1 saturated carbocycles. The number of carbonyl (C=O) groups is 1. The second-order valence-corrected chi connectivity index (χ2v) is 4.89. The van der Waals surface area contributed by atoms with Gasteiger partial charge in [-0.15, -0.1) is 0 Å². The Hall–Kier alpha value is -1.42. The van der Waals surface area contributed by atoms with Gasteiger partial charge in [-0.2, -0.15) is 0 Å². The van der Waals surface area contributed by atoms with Gasteiger partial charge in [0.1, 0.15) is 5.41 Å². The zero-order valence-electron chi connectivity index (χ0n) is 10.0. The number of carboxylic acids is 1. The van der Waals surface area contributed by atoms with Crippen LogP contribution in [-0.4, -0.2) is 22.1 Å². The SMILES string of the molecule is Cc1cccnc1C1(C(=O)O)CCC(N)CC1. The van der Waals surface area contributed by atoms with Gasteiger partial charge >= 0.3 is 5.97 Å². The van der Waals surface area contributed by atoms with Crippen molar-refractivity contribution in [3.05, 3.63) is 29.6 Å². The molecule has 92 valence electrons. The molecule has 2 rings (SSSR count). The van der Waals surface area contributed by atoms with Gasteiger partial charge in [0.05, 0.1) is 5.69 Å². The van der Waals surface area contributed by atoms with Gasteiger partial charge in [0.2, 0.25) is 0 Å². The minimum absolute atomic E-state index is 0.131. The van der Waals surface area contributed by atoms with Gasteiger partial charge in [0.15, 0.2) is 0 Å². The third-order valence-corrected chi connectivity index (χ3v) is 3.76. The van der Waals surface area contributed by atoms with Crippen LogP contribution in [-0.2, 0) is 10.2 Å². The Morgan fingerprint density at radius 2 is 2.18 bits per heavy atom. The lowest BCUT2D eigenvalue weighted by Gasteiger charge is -2.35. The van der Waals surface area contributed by atoms with Crippen LogP contribution in [0.25, 0.3) is 0 Å². The van der Waals surface area contributed by atoms with E-state index in [2.05, 4.69) is 4.98 Å².